The van der Waals surface area contributed by atoms with Crippen molar-refractivity contribution in [3.05, 3.63) is 16.8 Å². The van der Waals surface area contributed by atoms with E-state index in [-0.39, 0.29) is 12.0 Å². The molecular formula is C18H26N4O3. The molecule has 1 aliphatic heterocycles. The van der Waals surface area contributed by atoms with Crippen molar-refractivity contribution in [3.8, 4) is 5.88 Å². The third-order valence-corrected chi connectivity index (χ3v) is 4.87. The Morgan fingerprint density at radius 1 is 1.44 bits per heavy atom. The van der Waals surface area contributed by atoms with Gasteiger partial charge in [0.25, 0.3) is 0 Å². The van der Waals surface area contributed by atoms with Crippen LogP contribution in [0, 0.1) is 13.8 Å². The summed E-state index contributed by atoms with van der Waals surface area (Å²) in [4.78, 5) is 16.8. The molecule has 1 amide bonds. The Kier molecular flexibility index (Phi) is 5.22. The fraction of sp³-hybridized carbons (Fsp3) is 0.611. The molecule has 1 unspecified atom stereocenters. The van der Waals surface area contributed by atoms with Gasteiger partial charge in [0, 0.05) is 32.3 Å². The fourth-order valence-corrected chi connectivity index (χ4v) is 3.47. The molecule has 136 valence electrons. The van der Waals surface area contributed by atoms with Crippen LogP contribution in [0.4, 0.5) is 0 Å². The molecule has 1 N–H and O–H groups in total. The monoisotopic (exact) mass is 346 g/mol. The summed E-state index contributed by atoms with van der Waals surface area (Å²) in [5, 5.41) is 8.25. The summed E-state index contributed by atoms with van der Waals surface area (Å²) in [6, 6.07) is 0. The summed E-state index contributed by atoms with van der Waals surface area (Å²) < 4.78 is 12.6. The van der Waals surface area contributed by atoms with Gasteiger partial charge >= 0.3 is 0 Å². The number of nitrogens with zero attached hydrogens (tertiary/aromatic N) is 3. The van der Waals surface area contributed by atoms with Crippen LogP contribution < -0.4 is 10.1 Å². The van der Waals surface area contributed by atoms with Gasteiger partial charge in [0.2, 0.25) is 11.8 Å². The number of pyridine rings is 1. The number of hydrogen-bond acceptors (Lipinski definition) is 5. The van der Waals surface area contributed by atoms with Crippen LogP contribution in [0.3, 0.4) is 0 Å². The van der Waals surface area contributed by atoms with E-state index in [2.05, 4.69) is 15.4 Å². The van der Waals surface area contributed by atoms with Crippen molar-refractivity contribution >= 4 is 16.9 Å². The Morgan fingerprint density at radius 3 is 2.92 bits per heavy atom. The number of fused-ring (bicyclic) bond motifs is 1. The van der Waals surface area contributed by atoms with Gasteiger partial charge in [0.05, 0.1) is 18.6 Å². The number of aromatic nitrogens is 3. The molecule has 1 atom stereocenters. The molecule has 3 heterocycles. The molecule has 7 nitrogen and oxygen atoms in total. The van der Waals surface area contributed by atoms with E-state index in [1.54, 1.807) is 11.8 Å². The molecule has 2 aromatic heterocycles. The van der Waals surface area contributed by atoms with E-state index in [4.69, 9.17) is 9.47 Å². The Balaban J connectivity index is 1.71. The second-order valence-corrected chi connectivity index (χ2v) is 6.57. The number of amides is 1. The van der Waals surface area contributed by atoms with Crippen LogP contribution in [-0.4, -0.2) is 47.0 Å². The maximum absolute atomic E-state index is 12.2. The molecule has 0 aromatic carbocycles. The summed E-state index contributed by atoms with van der Waals surface area (Å²) in [5.41, 5.74) is 3.91. The summed E-state index contributed by atoms with van der Waals surface area (Å²) in [6.45, 7) is 5.43. The van der Waals surface area contributed by atoms with E-state index in [9.17, 15) is 4.79 Å². The molecule has 1 aliphatic rings. The van der Waals surface area contributed by atoms with Crippen molar-refractivity contribution in [3.63, 3.8) is 0 Å². The normalized spacial score (nSPS) is 17.2. The standard InChI is InChI=1S/C18H26N4O3/c1-11-14(7-8-15(23)19-10-13-6-5-9-25-13)12(2)20-17-16(11)18(24-4)21-22(17)3/h13H,5-10H2,1-4H3,(H,19,23). The summed E-state index contributed by atoms with van der Waals surface area (Å²) in [6.07, 6.45) is 3.36. The topological polar surface area (TPSA) is 78.3 Å². The number of ether oxygens (including phenoxy) is 2. The predicted molar refractivity (Wildman–Crippen MR) is 94.8 cm³/mol. The van der Waals surface area contributed by atoms with Crippen molar-refractivity contribution in [1.82, 2.24) is 20.1 Å². The van der Waals surface area contributed by atoms with Gasteiger partial charge < -0.3 is 14.8 Å². The van der Waals surface area contributed by atoms with Crippen molar-refractivity contribution in [2.45, 2.75) is 45.6 Å². The fourth-order valence-electron chi connectivity index (χ4n) is 3.47. The van der Waals surface area contributed by atoms with Crippen molar-refractivity contribution < 1.29 is 14.3 Å². The molecule has 3 rings (SSSR count). The van der Waals surface area contributed by atoms with E-state index in [1.807, 2.05) is 20.9 Å². The number of nitrogens with one attached hydrogen (secondary N) is 1. The molecule has 0 bridgehead atoms. The Hall–Kier alpha value is -2.15. The van der Waals surface area contributed by atoms with Gasteiger partial charge in [-0.15, -0.1) is 5.10 Å². The highest BCUT2D eigenvalue weighted by atomic mass is 16.5. The summed E-state index contributed by atoms with van der Waals surface area (Å²) >= 11 is 0. The van der Waals surface area contributed by atoms with Crippen LogP contribution in [0.5, 0.6) is 5.88 Å². The van der Waals surface area contributed by atoms with Gasteiger partial charge in [-0.05, 0) is 44.2 Å². The van der Waals surface area contributed by atoms with Crippen LogP contribution >= 0.6 is 0 Å². The summed E-state index contributed by atoms with van der Waals surface area (Å²) in [7, 11) is 3.47. The lowest BCUT2D eigenvalue weighted by molar-refractivity contribution is -0.121. The predicted octanol–water partition coefficient (Wildman–Crippen LogP) is 1.82. The lowest BCUT2D eigenvalue weighted by Crippen LogP contribution is -2.31. The molecular weight excluding hydrogens is 320 g/mol. The number of carbonyl (C=O) groups excluding carboxylic acids is 1. The number of hydrogen-bond donors (Lipinski definition) is 1. The molecule has 2 aromatic rings. The van der Waals surface area contributed by atoms with Gasteiger partial charge in [-0.2, -0.15) is 0 Å². The molecule has 1 saturated heterocycles. The minimum Gasteiger partial charge on any atom is -0.479 e. The van der Waals surface area contributed by atoms with E-state index >= 15 is 0 Å². The minimum atomic E-state index is 0.0487. The molecule has 0 spiro atoms. The average Bonchev–Trinajstić information content (AvgIpc) is 3.21. The van der Waals surface area contributed by atoms with E-state index in [1.165, 1.54) is 0 Å². The van der Waals surface area contributed by atoms with Crippen LogP contribution in [0.25, 0.3) is 11.0 Å². The first kappa shape index (κ1) is 17.7. The molecule has 1 fully saturated rings. The number of rotatable bonds is 6. The van der Waals surface area contributed by atoms with Gasteiger partial charge in [0.15, 0.2) is 5.65 Å². The lowest BCUT2D eigenvalue weighted by atomic mass is 10.00. The average molecular weight is 346 g/mol. The molecule has 0 aliphatic carbocycles. The van der Waals surface area contributed by atoms with E-state index in [0.717, 1.165) is 47.3 Å². The van der Waals surface area contributed by atoms with Crippen LogP contribution in [-0.2, 0) is 23.0 Å². The first-order valence-electron chi connectivity index (χ1n) is 8.76. The number of aryl methyl sites for hydroxylation is 3. The maximum Gasteiger partial charge on any atom is 0.242 e. The molecule has 0 saturated carbocycles. The second-order valence-electron chi connectivity index (χ2n) is 6.57. The first-order valence-corrected chi connectivity index (χ1v) is 8.76. The quantitative estimate of drug-likeness (QED) is 0.863. The van der Waals surface area contributed by atoms with Gasteiger partial charge in [0.1, 0.15) is 0 Å². The van der Waals surface area contributed by atoms with Crippen molar-refractivity contribution in [2.75, 3.05) is 20.3 Å². The van der Waals surface area contributed by atoms with Crippen LogP contribution in [0.2, 0.25) is 0 Å². The van der Waals surface area contributed by atoms with Gasteiger partial charge in [-0.25, -0.2) is 9.67 Å². The Morgan fingerprint density at radius 2 is 2.24 bits per heavy atom. The largest absolute Gasteiger partial charge is 0.479 e. The van der Waals surface area contributed by atoms with E-state index in [0.29, 0.717) is 25.3 Å². The molecule has 7 heteroatoms. The van der Waals surface area contributed by atoms with Crippen molar-refractivity contribution in [2.24, 2.45) is 7.05 Å². The summed E-state index contributed by atoms with van der Waals surface area (Å²) in [5.74, 6) is 0.624. The smallest absolute Gasteiger partial charge is 0.242 e. The SMILES string of the molecule is COc1nn(C)c2nc(C)c(CCC(=O)NCC3CCCO3)c(C)c12. The van der Waals surface area contributed by atoms with Gasteiger partial charge in [-0.1, -0.05) is 0 Å². The Labute approximate surface area is 147 Å². The molecule has 25 heavy (non-hydrogen) atoms. The zero-order chi connectivity index (χ0) is 18.0. The lowest BCUT2D eigenvalue weighted by Gasteiger charge is -2.13. The molecule has 0 radical (unpaired) electrons. The second kappa shape index (κ2) is 7.39. The zero-order valence-electron chi connectivity index (χ0n) is 15.4. The third kappa shape index (κ3) is 3.61. The maximum atomic E-state index is 12.2. The first-order chi connectivity index (χ1) is 12.0. The van der Waals surface area contributed by atoms with E-state index < -0.39 is 0 Å². The highest BCUT2D eigenvalue weighted by Gasteiger charge is 2.19. The zero-order valence-corrected chi connectivity index (χ0v) is 15.4. The minimum absolute atomic E-state index is 0.0487. The highest BCUT2D eigenvalue weighted by molar-refractivity contribution is 5.86. The number of methoxy groups -OCH3 is 1. The van der Waals surface area contributed by atoms with Crippen molar-refractivity contribution in [1.29, 1.82) is 0 Å². The van der Waals surface area contributed by atoms with Crippen LogP contribution in [0.1, 0.15) is 36.1 Å². The highest BCUT2D eigenvalue weighted by Crippen LogP contribution is 2.30. The Bertz CT molecular complexity index is 778. The van der Waals surface area contributed by atoms with Gasteiger partial charge in [-0.3, -0.25) is 4.79 Å². The number of carbonyl (C=O) groups is 1. The third-order valence-electron chi connectivity index (χ3n) is 4.87. The van der Waals surface area contributed by atoms with Crippen LogP contribution in [0.15, 0.2) is 0 Å².